The Bertz CT molecular complexity index is 425. The van der Waals surface area contributed by atoms with E-state index in [0.717, 1.165) is 0 Å². The van der Waals surface area contributed by atoms with Crippen molar-refractivity contribution in [1.29, 1.82) is 0 Å². The van der Waals surface area contributed by atoms with E-state index in [2.05, 4.69) is 4.74 Å². The Morgan fingerprint density at radius 1 is 0.885 bits per heavy atom. The fourth-order valence-corrected chi connectivity index (χ4v) is 3.86. The average Bonchev–Trinajstić information content (AvgIpc) is 2.50. The molecule has 0 aliphatic heterocycles. The van der Waals surface area contributed by atoms with Crippen LogP contribution in [0, 0.1) is 0 Å². The molecule has 0 spiro atoms. The average molecular weight is 419 g/mol. The second kappa shape index (κ2) is 9.71. The van der Waals surface area contributed by atoms with Crippen LogP contribution in [0.1, 0.15) is 20.8 Å². The van der Waals surface area contributed by atoms with Crippen LogP contribution in [0.2, 0.25) is 0 Å². The normalized spacial score (nSPS) is 13.6. The van der Waals surface area contributed by atoms with Crippen molar-refractivity contribution in [3.05, 3.63) is 0 Å². The molecule has 0 aromatic heterocycles. The molecule has 1 amide bonds. The maximum Gasteiger partial charge on any atom is 0.521 e. The summed E-state index contributed by atoms with van der Waals surface area (Å²) in [7, 11) is -3.43. The SMILES string of the molecule is CCO[Si](CNC(=O)OCC(F)(F)C(F)(F)C(F)(F)F)(OCC)OCC. The molecule has 6 nitrogen and oxygen atoms in total. The zero-order chi connectivity index (χ0) is 20.6. The summed E-state index contributed by atoms with van der Waals surface area (Å²) in [5, 5.41) is 1.91. The minimum atomic E-state index is -6.50. The molecule has 0 saturated heterocycles. The number of carbonyl (C=O) groups excluding carboxylic acids is 1. The number of ether oxygens (including phenoxy) is 1. The van der Waals surface area contributed by atoms with Crippen molar-refractivity contribution in [2.75, 3.05) is 32.6 Å². The first-order chi connectivity index (χ1) is 11.8. The van der Waals surface area contributed by atoms with E-state index in [1.165, 1.54) is 0 Å². The van der Waals surface area contributed by atoms with Crippen LogP contribution < -0.4 is 5.32 Å². The van der Waals surface area contributed by atoms with Crippen LogP contribution in [0.15, 0.2) is 0 Å². The van der Waals surface area contributed by atoms with Gasteiger partial charge in [-0.25, -0.2) is 4.79 Å². The Morgan fingerprint density at radius 2 is 1.31 bits per heavy atom. The van der Waals surface area contributed by atoms with E-state index in [1.54, 1.807) is 20.8 Å². The van der Waals surface area contributed by atoms with Gasteiger partial charge in [-0.3, -0.25) is 0 Å². The third kappa shape index (κ3) is 6.55. The smallest absolute Gasteiger partial charge is 0.443 e. The molecule has 1 N–H and O–H groups in total. The molecule has 0 aliphatic carbocycles. The molecule has 0 atom stereocenters. The number of hydrogen-bond acceptors (Lipinski definition) is 5. The summed E-state index contributed by atoms with van der Waals surface area (Å²) in [4.78, 5) is 11.4. The molecule has 0 aromatic carbocycles. The lowest BCUT2D eigenvalue weighted by Crippen LogP contribution is -2.57. The van der Waals surface area contributed by atoms with Gasteiger partial charge in [-0.1, -0.05) is 0 Å². The Hall–Kier alpha value is -1.12. The van der Waals surface area contributed by atoms with Crippen LogP contribution in [0.3, 0.4) is 0 Å². The zero-order valence-corrected chi connectivity index (χ0v) is 15.2. The summed E-state index contributed by atoms with van der Waals surface area (Å²) in [5.41, 5.74) is 0. The molecular formula is C12H20F7NO5Si. The van der Waals surface area contributed by atoms with Crippen LogP contribution in [-0.4, -0.2) is 65.5 Å². The first-order valence-corrected chi connectivity index (χ1v) is 9.36. The van der Waals surface area contributed by atoms with Crippen molar-refractivity contribution >= 4 is 14.9 Å². The number of carbonyl (C=O) groups is 1. The minimum absolute atomic E-state index is 0.124. The number of alkyl carbamates (subject to hydrolysis) is 1. The lowest BCUT2D eigenvalue weighted by Gasteiger charge is -2.29. The molecule has 26 heavy (non-hydrogen) atoms. The maximum absolute atomic E-state index is 13.1. The Labute approximate surface area is 146 Å². The molecule has 0 unspecified atom stereocenters. The van der Waals surface area contributed by atoms with E-state index in [9.17, 15) is 35.5 Å². The van der Waals surface area contributed by atoms with Gasteiger partial charge in [0.25, 0.3) is 0 Å². The number of amides is 1. The highest BCUT2D eigenvalue weighted by Gasteiger charge is 2.73. The highest BCUT2D eigenvalue weighted by Crippen LogP contribution is 2.46. The van der Waals surface area contributed by atoms with Crippen molar-refractivity contribution in [1.82, 2.24) is 5.32 Å². The van der Waals surface area contributed by atoms with E-state index < -0.39 is 45.7 Å². The number of rotatable bonds is 11. The van der Waals surface area contributed by atoms with Gasteiger partial charge in [0, 0.05) is 19.8 Å². The predicted molar refractivity (Wildman–Crippen MR) is 75.9 cm³/mol. The summed E-state index contributed by atoms with van der Waals surface area (Å²) in [6, 6.07) is 0. The van der Waals surface area contributed by atoms with Crippen molar-refractivity contribution in [3.8, 4) is 0 Å². The molecule has 0 aliphatic rings. The van der Waals surface area contributed by atoms with Gasteiger partial charge in [0.1, 0.15) is 0 Å². The van der Waals surface area contributed by atoms with E-state index in [-0.39, 0.29) is 19.8 Å². The topological polar surface area (TPSA) is 66.0 Å². The molecule has 0 radical (unpaired) electrons. The predicted octanol–water partition coefficient (Wildman–Crippen LogP) is 3.13. The fourth-order valence-electron chi connectivity index (χ4n) is 1.62. The Balaban J connectivity index is 4.83. The van der Waals surface area contributed by atoms with Crippen molar-refractivity contribution in [2.24, 2.45) is 0 Å². The van der Waals surface area contributed by atoms with Crippen LogP contribution in [-0.2, 0) is 18.0 Å². The lowest BCUT2D eigenvalue weighted by atomic mass is 10.2. The number of hydrogen-bond donors (Lipinski definition) is 1. The second-order valence-electron chi connectivity index (χ2n) is 4.69. The molecule has 0 fully saturated rings. The molecular weight excluding hydrogens is 399 g/mol. The van der Waals surface area contributed by atoms with E-state index in [0.29, 0.717) is 0 Å². The third-order valence-corrected chi connectivity index (χ3v) is 5.54. The molecule has 14 heteroatoms. The lowest BCUT2D eigenvalue weighted by molar-refractivity contribution is -0.359. The number of alkyl halides is 7. The summed E-state index contributed by atoms with van der Waals surface area (Å²) < 4.78 is 107. The maximum atomic E-state index is 13.1. The van der Waals surface area contributed by atoms with E-state index in [4.69, 9.17) is 13.3 Å². The molecule has 0 saturated carbocycles. The van der Waals surface area contributed by atoms with Crippen LogP contribution in [0.5, 0.6) is 0 Å². The van der Waals surface area contributed by atoms with Gasteiger partial charge in [-0.2, -0.15) is 30.7 Å². The van der Waals surface area contributed by atoms with Gasteiger partial charge < -0.3 is 23.3 Å². The van der Waals surface area contributed by atoms with Crippen molar-refractivity contribution in [3.63, 3.8) is 0 Å². The first kappa shape index (κ1) is 24.9. The van der Waals surface area contributed by atoms with E-state index >= 15 is 0 Å². The van der Waals surface area contributed by atoms with E-state index in [1.807, 2.05) is 5.32 Å². The van der Waals surface area contributed by atoms with Gasteiger partial charge in [0.05, 0.1) is 6.17 Å². The molecule has 0 rings (SSSR count). The first-order valence-electron chi connectivity index (χ1n) is 7.43. The number of nitrogens with one attached hydrogen (secondary N) is 1. The second-order valence-corrected chi connectivity index (χ2v) is 7.27. The highest BCUT2D eigenvalue weighted by molar-refractivity contribution is 6.61. The summed E-state index contributed by atoms with van der Waals surface area (Å²) >= 11 is 0. The minimum Gasteiger partial charge on any atom is -0.443 e. The molecule has 156 valence electrons. The summed E-state index contributed by atoms with van der Waals surface area (Å²) in [6.45, 7) is 2.68. The highest BCUT2D eigenvalue weighted by atomic mass is 28.4. The fraction of sp³-hybridized carbons (Fsp3) is 0.917. The monoisotopic (exact) mass is 419 g/mol. The zero-order valence-electron chi connectivity index (χ0n) is 14.2. The van der Waals surface area contributed by atoms with Gasteiger partial charge in [0.15, 0.2) is 6.61 Å². The van der Waals surface area contributed by atoms with Crippen LogP contribution in [0.25, 0.3) is 0 Å². The number of halogens is 7. The van der Waals surface area contributed by atoms with Crippen molar-refractivity contribution < 1.29 is 53.5 Å². The standard InChI is InChI=1S/C12H20F7NO5Si/c1-4-23-26(24-5-2,25-6-3)8-20-9(21)22-7-10(13,14)11(15,16)12(17,18)19/h4-8H2,1-3H3,(H,20,21). The summed E-state index contributed by atoms with van der Waals surface area (Å²) in [6.07, 6.45) is -8.61. The van der Waals surface area contributed by atoms with Gasteiger partial charge in [-0.15, -0.1) is 0 Å². The van der Waals surface area contributed by atoms with Crippen molar-refractivity contribution in [2.45, 2.75) is 38.8 Å². The third-order valence-electron chi connectivity index (χ3n) is 2.74. The summed E-state index contributed by atoms with van der Waals surface area (Å²) in [5.74, 6) is -12.0. The van der Waals surface area contributed by atoms with Crippen LogP contribution >= 0.6 is 0 Å². The van der Waals surface area contributed by atoms with Gasteiger partial charge in [0.2, 0.25) is 0 Å². The van der Waals surface area contributed by atoms with Crippen LogP contribution in [0.4, 0.5) is 35.5 Å². The Kier molecular flexibility index (Phi) is 9.29. The van der Waals surface area contributed by atoms with Gasteiger partial charge in [-0.05, 0) is 20.8 Å². The van der Waals surface area contributed by atoms with Gasteiger partial charge >= 0.3 is 32.9 Å². The Morgan fingerprint density at radius 3 is 1.65 bits per heavy atom. The molecule has 0 aromatic rings. The largest absolute Gasteiger partial charge is 0.521 e. The molecule has 0 heterocycles. The molecule has 0 bridgehead atoms. The quantitative estimate of drug-likeness (QED) is 0.412.